The van der Waals surface area contributed by atoms with Crippen LogP contribution in [-0.4, -0.2) is 49.1 Å². The fourth-order valence-corrected chi connectivity index (χ4v) is 2.93. The van der Waals surface area contributed by atoms with E-state index in [1.54, 1.807) is 18.2 Å². The lowest BCUT2D eigenvalue weighted by molar-refractivity contribution is -0.0652. The van der Waals surface area contributed by atoms with Gasteiger partial charge in [0.2, 0.25) is 0 Å². The van der Waals surface area contributed by atoms with E-state index in [0.29, 0.717) is 29.5 Å². The Labute approximate surface area is 137 Å². The smallest absolute Gasteiger partial charge is 0.180 e. The molecule has 122 valence electrons. The Balaban J connectivity index is 2.09. The summed E-state index contributed by atoms with van der Waals surface area (Å²) in [6, 6.07) is 5.22. The van der Waals surface area contributed by atoms with Gasteiger partial charge in [0.15, 0.2) is 5.78 Å². The maximum atomic E-state index is 12.6. The molecule has 0 bridgehead atoms. The topological polar surface area (TPSA) is 38.8 Å². The summed E-state index contributed by atoms with van der Waals surface area (Å²) in [5.74, 6) is 0.653. The molecule has 0 aliphatic carbocycles. The van der Waals surface area contributed by atoms with Gasteiger partial charge in [0.05, 0.1) is 30.9 Å². The van der Waals surface area contributed by atoms with Gasteiger partial charge in [0.25, 0.3) is 0 Å². The molecular weight excluding hydrogens is 302 g/mol. The number of hydrogen-bond acceptors (Lipinski definition) is 4. The Kier molecular flexibility index (Phi) is 6.24. The molecule has 0 spiro atoms. The molecule has 1 aromatic carbocycles. The van der Waals surface area contributed by atoms with Gasteiger partial charge in [0, 0.05) is 18.1 Å². The third kappa shape index (κ3) is 4.70. The van der Waals surface area contributed by atoms with E-state index in [0.717, 1.165) is 19.5 Å². The third-order valence-electron chi connectivity index (χ3n) is 3.57. The maximum absolute atomic E-state index is 12.6. The van der Waals surface area contributed by atoms with Crippen LogP contribution in [0.25, 0.3) is 0 Å². The van der Waals surface area contributed by atoms with Gasteiger partial charge in [-0.15, -0.1) is 0 Å². The molecule has 2 unspecified atom stereocenters. The van der Waals surface area contributed by atoms with Crippen LogP contribution in [0.4, 0.5) is 0 Å². The summed E-state index contributed by atoms with van der Waals surface area (Å²) in [4.78, 5) is 14.8. The number of ketones is 1. The van der Waals surface area contributed by atoms with E-state index in [1.807, 2.05) is 20.8 Å². The van der Waals surface area contributed by atoms with Crippen LogP contribution in [0, 0.1) is 0 Å². The number of hydrogen-bond donors (Lipinski definition) is 0. The first-order valence-electron chi connectivity index (χ1n) is 7.83. The molecule has 5 heteroatoms. The standard InChI is InChI=1S/C17H24ClNO3/c1-4-7-21-17-6-5-14(18)8-15(17)16(20)11-19-9-12(2)22-13(3)10-19/h5-6,8,12-13H,4,7,9-11H2,1-3H3. The van der Waals surface area contributed by atoms with Crippen LogP contribution >= 0.6 is 11.6 Å². The zero-order valence-electron chi connectivity index (χ0n) is 13.5. The highest BCUT2D eigenvalue weighted by molar-refractivity contribution is 6.31. The Morgan fingerprint density at radius 3 is 2.68 bits per heavy atom. The van der Waals surface area contributed by atoms with E-state index < -0.39 is 0 Å². The second kappa shape index (κ2) is 7.95. The number of halogens is 1. The molecule has 0 amide bonds. The lowest BCUT2D eigenvalue weighted by atomic mass is 10.1. The molecule has 4 nitrogen and oxygen atoms in total. The number of carbonyl (C=O) groups is 1. The number of benzene rings is 1. The van der Waals surface area contributed by atoms with Gasteiger partial charge in [-0.05, 0) is 38.5 Å². The molecule has 0 aromatic heterocycles. The predicted molar refractivity (Wildman–Crippen MR) is 88.0 cm³/mol. The largest absolute Gasteiger partial charge is 0.493 e. The average Bonchev–Trinajstić information content (AvgIpc) is 2.44. The van der Waals surface area contributed by atoms with Crippen molar-refractivity contribution in [3.8, 4) is 5.75 Å². The molecule has 1 aliphatic heterocycles. The fourth-order valence-electron chi connectivity index (χ4n) is 2.76. The minimum atomic E-state index is 0.0369. The van der Waals surface area contributed by atoms with Gasteiger partial charge in [-0.1, -0.05) is 18.5 Å². The van der Waals surface area contributed by atoms with Crippen LogP contribution in [0.3, 0.4) is 0 Å². The minimum Gasteiger partial charge on any atom is -0.493 e. The molecule has 1 aliphatic rings. The Bertz CT molecular complexity index is 511. The summed E-state index contributed by atoms with van der Waals surface area (Å²) in [6.07, 6.45) is 1.19. The summed E-state index contributed by atoms with van der Waals surface area (Å²) in [7, 11) is 0. The lowest BCUT2D eigenvalue weighted by Crippen LogP contribution is -2.47. The van der Waals surface area contributed by atoms with Crippen molar-refractivity contribution in [1.82, 2.24) is 4.90 Å². The van der Waals surface area contributed by atoms with E-state index in [2.05, 4.69) is 4.90 Å². The first-order valence-corrected chi connectivity index (χ1v) is 8.20. The number of morpholine rings is 1. The van der Waals surface area contributed by atoms with Gasteiger partial charge in [-0.3, -0.25) is 9.69 Å². The quantitative estimate of drug-likeness (QED) is 0.751. The van der Waals surface area contributed by atoms with Gasteiger partial charge in [-0.2, -0.15) is 0 Å². The van der Waals surface area contributed by atoms with E-state index in [1.165, 1.54) is 0 Å². The summed E-state index contributed by atoms with van der Waals surface area (Å²) >= 11 is 6.04. The number of rotatable bonds is 6. The number of ether oxygens (including phenoxy) is 2. The Hall–Kier alpha value is -1.10. The van der Waals surface area contributed by atoms with Gasteiger partial charge < -0.3 is 9.47 Å². The second-order valence-electron chi connectivity index (χ2n) is 5.86. The first kappa shape index (κ1) is 17.3. The van der Waals surface area contributed by atoms with Crippen molar-refractivity contribution in [3.05, 3.63) is 28.8 Å². The summed E-state index contributed by atoms with van der Waals surface area (Å²) in [5.41, 5.74) is 0.563. The van der Waals surface area contributed by atoms with Gasteiger partial charge in [0.1, 0.15) is 5.75 Å². The molecule has 0 N–H and O–H groups in total. The van der Waals surface area contributed by atoms with Crippen LogP contribution < -0.4 is 4.74 Å². The van der Waals surface area contributed by atoms with Crippen molar-refractivity contribution < 1.29 is 14.3 Å². The SMILES string of the molecule is CCCOc1ccc(Cl)cc1C(=O)CN1CC(C)OC(C)C1. The Morgan fingerprint density at radius 2 is 2.05 bits per heavy atom. The zero-order chi connectivity index (χ0) is 16.1. The lowest BCUT2D eigenvalue weighted by Gasteiger charge is -2.34. The van der Waals surface area contributed by atoms with Crippen LogP contribution in [-0.2, 0) is 4.74 Å². The van der Waals surface area contributed by atoms with Crippen molar-refractivity contribution in [2.75, 3.05) is 26.2 Å². The molecule has 2 atom stereocenters. The molecule has 22 heavy (non-hydrogen) atoms. The van der Waals surface area contributed by atoms with Crippen molar-refractivity contribution in [2.45, 2.75) is 39.4 Å². The molecule has 1 aromatic rings. The summed E-state index contributed by atoms with van der Waals surface area (Å²) in [6.45, 7) is 8.58. The molecule has 1 saturated heterocycles. The van der Waals surface area contributed by atoms with Crippen LogP contribution in [0.15, 0.2) is 18.2 Å². The van der Waals surface area contributed by atoms with Crippen molar-refractivity contribution >= 4 is 17.4 Å². The predicted octanol–water partition coefficient (Wildman–Crippen LogP) is 3.42. The highest BCUT2D eigenvalue weighted by Gasteiger charge is 2.25. The van der Waals surface area contributed by atoms with E-state index in [4.69, 9.17) is 21.1 Å². The molecule has 0 saturated carbocycles. The van der Waals surface area contributed by atoms with Crippen molar-refractivity contribution in [1.29, 1.82) is 0 Å². The van der Waals surface area contributed by atoms with Crippen molar-refractivity contribution in [2.24, 2.45) is 0 Å². The highest BCUT2D eigenvalue weighted by Crippen LogP contribution is 2.24. The first-order chi connectivity index (χ1) is 10.5. The monoisotopic (exact) mass is 325 g/mol. The van der Waals surface area contributed by atoms with Crippen LogP contribution in [0.5, 0.6) is 5.75 Å². The van der Waals surface area contributed by atoms with Crippen LogP contribution in [0.1, 0.15) is 37.6 Å². The highest BCUT2D eigenvalue weighted by atomic mass is 35.5. The van der Waals surface area contributed by atoms with Gasteiger partial charge in [-0.25, -0.2) is 0 Å². The average molecular weight is 326 g/mol. The van der Waals surface area contributed by atoms with Gasteiger partial charge >= 0.3 is 0 Å². The molecule has 1 fully saturated rings. The number of nitrogens with zero attached hydrogens (tertiary/aromatic N) is 1. The molecule has 0 radical (unpaired) electrons. The fraction of sp³-hybridized carbons (Fsp3) is 0.588. The second-order valence-corrected chi connectivity index (χ2v) is 6.30. The van der Waals surface area contributed by atoms with E-state index in [-0.39, 0.29) is 18.0 Å². The maximum Gasteiger partial charge on any atom is 0.180 e. The summed E-state index contributed by atoms with van der Waals surface area (Å²) in [5, 5.41) is 0.552. The molecule has 1 heterocycles. The normalized spacial score (nSPS) is 22.5. The third-order valence-corrected chi connectivity index (χ3v) is 3.80. The van der Waals surface area contributed by atoms with E-state index in [9.17, 15) is 4.79 Å². The molecule has 2 rings (SSSR count). The minimum absolute atomic E-state index is 0.0369. The van der Waals surface area contributed by atoms with Crippen molar-refractivity contribution in [3.63, 3.8) is 0 Å². The van der Waals surface area contributed by atoms with Crippen LogP contribution in [0.2, 0.25) is 5.02 Å². The number of Topliss-reactive ketones (excluding diaryl/α,β-unsaturated/α-hetero) is 1. The molecular formula is C17H24ClNO3. The zero-order valence-corrected chi connectivity index (χ0v) is 14.2. The summed E-state index contributed by atoms with van der Waals surface area (Å²) < 4.78 is 11.4. The van der Waals surface area contributed by atoms with E-state index >= 15 is 0 Å². The Morgan fingerprint density at radius 1 is 1.36 bits per heavy atom. The number of carbonyl (C=O) groups excluding carboxylic acids is 1.